The van der Waals surface area contributed by atoms with Gasteiger partial charge >= 0.3 is 6.18 Å². The molecule has 0 bridgehead atoms. The van der Waals surface area contributed by atoms with Crippen LogP contribution in [0.2, 0.25) is 0 Å². The Morgan fingerprint density at radius 2 is 1.67 bits per heavy atom. The summed E-state index contributed by atoms with van der Waals surface area (Å²) in [5.41, 5.74) is -0.301. The number of halogens is 3. The summed E-state index contributed by atoms with van der Waals surface area (Å²) in [6.45, 7) is 10.8. The molecule has 0 aromatic heterocycles. The maximum absolute atomic E-state index is 14.1. The molecule has 250 valence electrons. The van der Waals surface area contributed by atoms with Crippen LogP contribution in [0.15, 0.2) is 48.5 Å². The Hall–Kier alpha value is -2.62. The summed E-state index contributed by atoms with van der Waals surface area (Å²) in [4.78, 5) is 14.9. The van der Waals surface area contributed by atoms with E-state index in [4.69, 9.17) is 14.2 Å². The number of carbonyl (C=O) groups excluding carboxylic acids is 1. The Kier molecular flexibility index (Phi) is 11.6. The van der Waals surface area contributed by atoms with Gasteiger partial charge in [-0.05, 0) is 102 Å². The van der Waals surface area contributed by atoms with Crippen molar-refractivity contribution in [1.82, 2.24) is 9.80 Å². The highest BCUT2D eigenvalue weighted by atomic mass is 19.4. The highest BCUT2D eigenvalue weighted by Gasteiger charge is 2.48. The number of hydrogen-bond acceptors (Lipinski definition) is 6. The third-order valence-corrected chi connectivity index (χ3v) is 9.56. The molecule has 0 N–H and O–H groups in total. The maximum atomic E-state index is 14.1. The SMILES string of the molecule is COc1ccc([C@]2(CCN(Cc3ccc(OC4CCN(CCC=O)CC4)cc3)CC(C)(C)C(F)(F)F)CCOC(C)(C)C2)cc1. The molecular weight excluding hydrogens is 581 g/mol. The number of nitrogens with zero attached hydrogens (tertiary/aromatic N) is 2. The molecule has 2 heterocycles. The molecule has 2 saturated heterocycles. The fourth-order valence-corrected chi connectivity index (χ4v) is 6.87. The van der Waals surface area contributed by atoms with Crippen LogP contribution in [-0.2, 0) is 21.5 Å². The van der Waals surface area contributed by atoms with Crippen LogP contribution in [0.1, 0.15) is 77.3 Å². The Morgan fingerprint density at radius 3 is 2.24 bits per heavy atom. The van der Waals surface area contributed by atoms with E-state index < -0.39 is 11.6 Å². The molecule has 2 aliphatic heterocycles. The number of alkyl halides is 3. The summed E-state index contributed by atoms with van der Waals surface area (Å²) in [6, 6.07) is 15.9. The number of carbonyl (C=O) groups is 1. The number of hydrogen-bond donors (Lipinski definition) is 0. The molecule has 0 spiro atoms. The standard InChI is InChI=1S/C36H51F3N2O4/c1-33(2,36(37,38)39)27-41(22-17-35(18-24-44-34(3,4)26-35)29-9-13-30(43-5)14-10-29)25-28-7-11-31(12-8-28)45-32-15-20-40(21-16-32)19-6-23-42/h7-14,23,32H,6,15-22,24-27H2,1-5H3/t35-/m1/s1. The molecule has 0 unspecified atom stereocenters. The molecule has 0 saturated carbocycles. The summed E-state index contributed by atoms with van der Waals surface area (Å²) >= 11 is 0. The van der Waals surface area contributed by atoms with Crippen LogP contribution in [0.4, 0.5) is 13.2 Å². The second-order valence-corrected chi connectivity index (χ2v) is 14.1. The fourth-order valence-electron chi connectivity index (χ4n) is 6.87. The lowest BCUT2D eigenvalue weighted by molar-refractivity contribution is -0.217. The smallest absolute Gasteiger partial charge is 0.395 e. The van der Waals surface area contributed by atoms with Crippen molar-refractivity contribution in [3.05, 3.63) is 59.7 Å². The zero-order valence-electron chi connectivity index (χ0n) is 27.6. The molecular formula is C36H51F3N2O4. The predicted molar refractivity (Wildman–Crippen MR) is 171 cm³/mol. The van der Waals surface area contributed by atoms with Gasteiger partial charge in [-0.3, -0.25) is 4.90 Å². The minimum Gasteiger partial charge on any atom is -0.497 e. The van der Waals surface area contributed by atoms with Gasteiger partial charge in [-0.25, -0.2) is 0 Å². The van der Waals surface area contributed by atoms with E-state index in [2.05, 4.69) is 30.9 Å². The zero-order valence-corrected chi connectivity index (χ0v) is 27.6. The molecule has 0 aliphatic carbocycles. The lowest BCUT2D eigenvalue weighted by Gasteiger charge is -2.46. The third-order valence-electron chi connectivity index (χ3n) is 9.56. The number of likely N-dealkylation sites (tertiary alicyclic amines) is 1. The van der Waals surface area contributed by atoms with Crippen molar-refractivity contribution in [2.24, 2.45) is 5.41 Å². The van der Waals surface area contributed by atoms with Gasteiger partial charge in [-0.1, -0.05) is 24.3 Å². The average molecular weight is 633 g/mol. The van der Waals surface area contributed by atoms with Crippen LogP contribution in [0.5, 0.6) is 11.5 Å². The summed E-state index contributed by atoms with van der Waals surface area (Å²) < 4.78 is 60.1. The molecule has 0 amide bonds. The van der Waals surface area contributed by atoms with E-state index >= 15 is 0 Å². The molecule has 2 aliphatic rings. The van der Waals surface area contributed by atoms with Crippen molar-refractivity contribution in [1.29, 1.82) is 0 Å². The second kappa shape index (κ2) is 14.9. The van der Waals surface area contributed by atoms with Gasteiger partial charge in [0, 0.05) is 51.2 Å². The zero-order chi connectivity index (χ0) is 32.7. The minimum atomic E-state index is -4.32. The van der Waals surface area contributed by atoms with Crippen molar-refractivity contribution in [3.8, 4) is 11.5 Å². The fraction of sp³-hybridized carbons (Fsp3) is 0.639. The number of rotatable bonds is 14. The van der Waals surface area contributed by atoms with Crippen molar-refractivity contribution in [3.63, 3.8) is 0 Å². The lowest BCUT2D eigenvalue weighted by atomic mass is 9.67. The van der Waals surface area contributed by atoms with Gasteiger partial charge in [-0.2, -0.15) is 13.2 Å². The average Bonchev–Trinajstić information content (AvgIpc) is 2.99. The summed E-state index contributed by atoms with van der Waals surface area (Å²) in [7, 11) is 1.64. The van der Waals surface area contributed by atoms with Gasteiger partial charge in [0.1, 0.15) is 23.9 Å². The number of benzene rings is 2. The van der Waals surface area contributed by atoms with Gasteiger partial charge < -0.3 is 23.9 Å². The predicted octanol–water partition coefficient (Wildman–Crippen LogP) is 7.44. The summed E-state index contributed by atoms with van der Waals surface area (Å²) in [5.74, 6) is 1.55. The lowest BCUT2D eigenvalue weighted by Crippen LogP contribution is -2.47. The number of aldehydes is 1. The quantitative estimate of drug-likeness (QED) is 0.202. The van der Waals surface area contributed by atoms with E-state index in [0.717, 1.165) is 68.7 Å². The van der Waals surface area contributed by atoms with Crippen LogP contribution in [0.25, 0.3) is 0 Å². The third kappa shape index (κ3) is 9.69. The first-order valence-corrected chi connectivity index (χ1v) is 16.2. The summed E-state index contributed by atoms with van der Waals surface area (Å²) in [5, 5.41) is 0. The van der Waals surface area contributed by atoms with E-state index in [1.165, 1.54) is 19.4 Å². The molecule has 4 rings (SSSR count). The Bertz CT molecular complexity index is 1210. The van der Waals surface area contributed by atoms with Gasteiger partial charge in [0.15, 0.2) is 0 Å². The molecule has 2 aromatic rings. The van der Waals surface area contributed by atoms with Crippen LogP contribution < -0.4 is 9.47 Å². The molecule has 6 nitrogen and oxygen atoms in total. The molecule has 2 fully saturated rings. The molecule has 45 heavy (non-hydrogen) atoms. The highest BCUT2D eigenvalue weighted by molar-refractivity contribution is 5.49. The first-order valence-electron chi connectivity index (χ1n) is 16.2. The first kappa shape index (κ1) is 35.2. The van der Waals surface area contributed by atoms with Crippen LogP contribution in [0.3, 0.4) is 0 Å². The molecule has 0 radical (unpaired) electrons. The topological polar surface area (TPSA) is 51.2 Å². The highest BCUT2D eigenvalue weighted by Crippen LogP contribution is 2.45. The van der Waals surface area contributed by atoms with Crippen molar-refractivity contribution in [2.75, 3.05) is 46.4 Å². The van der Waals surface area contributed by atoms with Crippen LogP contribution in [-0.4, -0.2) is 80.4 Å². The summed E-state index contributed by atoms with van der Waals surface area (Å²) in [6.07, 6.45) is 1.42. The largest absolute Gasteiger partial charge is 0.497 e. The molecule has 2 aromatic carbocycles. The van der Waals surface area contributed by atoms with Crippen molar-refractivity contribution >= 4 is 6.29 Å². The number of methoxy groups -OCH3 is 1. The number of piperidine rings is 1. The second-order valence-electron chi connectivity index (χ2n) is 14.1. The Balaban J connectivity index is 1.48. The van der Waals surface area contributed by atoms with Gasteiger partial charge in [0.25, 0.3) is 0 Å². The monoisotopic (exact) mass is 632 g/mol. The van der Waals surface area contributed by atoms with Gasteiger partial charge in [0.2, 0.25) is 0 Å². The van der Waals surface area contributed by atoms with Crippen LogP contribution in [0, 0.1) is 5.41 Å². The van der Waals surface area contributed by atoms with Crippen LogP contribution >= 0.6 is 0 Å². The first-order chi connectivity index (χ1) is 21.2. The number of ether oxygens (including phenoxy) is 3. The Morgan fingerprint density at radius 1 is 1.02 bits per heavy atom. The van der Waals surface area contributed by atoms with E-state index in [1.54, 1.807) is 7.11 Å². The molecule has 9 heteroatoms. The maximum Gasteiger partial charge on any atom is 0.395 e. The van der Waals surface area contributed by atoms with Crippen molar-refractivity contribution in [2.45, 2.75) is 96.1 Å². The Labute approximate surface area is 267 Å². The van der Waals surface area contributed by atoms with Gasteiger partial charge in [-0.15, -0.1) is 0 Å². The van der Waals surface area contributed by atoms with E-state index in [0.29, 0.717) is 32.5 Å². The van der Waals surface area contributed by atoms with E-state index in [-0.39, 0.29) is 23.7 Å². The van der Waals surface area contributed by atoms with E-state index in [1.807, 2.05) is 41.3 Å². The minimum absolute atomic E-state index is 0.101. The normalized spacial score (nSPS) is 21.5. The van der Waals surface area contributed by atoms with E-state index in [9.17, 15) is 18.0 Å². The van der Waals surface area contributed by atoms with Crippen molar-refractivity contribution < 1.29 is 32.2 Å². The molecule has 1 atom stereocenters. The van der Waals surface area contributed by atoms with Gasteiger partial charge in [0.05, 0.1) is 18.1 Å².